The molecule has 0 rings (SSSR count). The van der Waals surface area contributed by atoms with E-state index in [0.717, 1.165) is 24.6 Å². The van der Waals surface area contributed by atoms with Crippen LogP contribution in [-0.4, -0.2) is 21.4 Å². The molecule has 0 heterocycles. The number of hydrogen-bond donors (Lipinski definition) is 1. The van der Waals surface area contributed by atoms with Crippen LogP contribution in [0.1, 0.15) is 26.2 Å². The maximum Gasteiger partial charge on any atom is 0.0551 e. The van der Waals surface area contributed by atoms with Gasteiger partial charge in [-0.3, -0.25) is 0 Å². The van der Waals surface area contributed by atoms with Crippen LogP contribution in [0.15, 0.2) is 0 Å². The van der Waals surface area contributed by atoms with Crippen molar-refractivity contribution >= 4 is 31.9 Å². The highest BCUT2D eigenvalue weighted by atomic mass is 79.9. The molecule has 0 aromatic rings. The van der Waals surface area contributed by atoms with Gasteiger partial charge in [-0.05, 0) is 12.8 Å². The van der Waals surface area contributed by atoms with Crippen LogP contribution in [0.3, 0.4) is 0 Å². The molecule has 0 amide bonds. The van der Waals surface area contributed by atoms with Crippen molar-refractivity contribution in [2.45, 2.75) is 37.1 Å². The van der Waals surface area contributed by atoms with Gasteiger partial charge < -0.3 is 5.11 Å². The van der Waals surface area contributed by atoms with E-state index in [1.165, 1.54) is 0 Å². The highest BCUT2D eigenvalue weighted by Crippen LogP contribution is 2.13. The quantitative estimate of drug-likeness (QED) is 0.764. The van der Waals surface area contributed by atoms with Gasteiger partial charge in [0, 0.05) is 10.2 Å². The van der Waals surface area contributed by atoms with Crippen molar-refractivity contribution < 1.29 is 5.11 Å². The van der Waals surface area contributed by atoms with Crippen LogP contribution in [0.4, 0.5) is 0 Å². The third kappa shape index (κ3) is 5.69. The highest BCUT2D eigenvalue weighted by Gasteiger charge is 2.08. The lowest BCUT2D eigenvalue weighted by atomic mass is 10.1. The van der Waals surface area contributed by atoms with Crippen molar-refractivity contribution in [2.75, 3.05) is 5.33 Å². The van der Waals surface area contributed by atoms with Crippen molar-refractivity contribution in [1.82, 2.24) is 0 Å². The summed E-state index contributed by atoms with van der Waals surface area (Å²) in [6, 6.07) is 0. The van der Waals surface area contributed by atoms with Gasteiger partial charge in [0.1, 0.15) is 0 Å². The summed E-state index contributed by atoms with van der Waals surface area (Å²) in [5.41, 5.74) is 0. The zero-order valence-electron chi connectivity index (χ0n) is 6.19. The lowest BCUT2D eigenvalue weighted by Crippen LogP contribution is -2.13. The Balaban J connectivity index is 3.27. The standard InChI is InChI=1S/C7H14Br2O/c1-2-3-7(10)4-6(9)5-8/h6-7,10H,2-5H2,1H3. The molecule has 62 valence electrons. The molecule has 0 aliphatic carbocycles. The topological polar surface area (TPSA) is 20.2 Å². The molecule has 0 saturated heterocycles. The van der Waals surface area contributed by atoms with Gasteiger partial charge >= 0.3 is 0 Å². The minimum atomic E-state index is -0.132. The van der Waals surface area contributed by atoms with E-state index in [0.29, 0.717) is 4.83 Å². The van der Waals surface area contributed by atoms with Crippen molar-refractivity contribution in [3.63, 3.8) is 0 Å². The first-order valence-electron chi connectivity index (χ1n) is 3.58. The number of rotatable bonds is 5. The number of halogens is 2. The summed E-state index contributed by atoms with van der Waals surface area (Å²) in [6.07, 6.45) is 2.68. The first-order valence-corrected chi connectivity index (χ1v) is 5.62. The maximum atomic E-state index is 9.30. The van der Waals surface area contributed by atoms with E-state index < -0.39 is 0 Å². The fourth-order valence-corrected chi connectivity index (χ4v) is 1.51. The molecule has 0 fully saturated rings. The van der Waals surface area contributed by atoms with Gasteiger partial charge in [0.05, 0.1) is 6.10 Å². The first kappa shape index (κ1) is 10.9. The minimum Gasteiger partial charge on any atom is -0.393 e. The van der Waals surface area contributed by atoms with E-state index in [2.05, 4.69) is 38.8 Å². The molecule has 0 saturated carbocycles. The molecule has 0 aliphatic rings. The normalized spacial score (nSPS) is 16.8. The van der Waals surface area contributed by atoms with Crippen LogP contribution < -0.4 is 0 Å². The monoisotopic (exact) mass is 272 g/mol. The molecule has 0 aromatic carbocycles. The van der Waals surface area contributed by atoms with Crippen molar-refractivity contribution in [1.29, 1.82) is 0 Å². The Kier molecular flexibility index (Phi) is 7.23. The molecular weight excluding hydrogens is 260 g/mol. The maximum absolute atomic E-state index is 9.30. The van der Waals surface area contributed by atoms with E-state index in [1.807, 2.05) is 0 Å². The van der Waals surface area contributed by atoms with E-state index in [1.54, 1.807) is 0 Å². The summed E-state index contributed by atoms with van der Waals surface area (Å²) < 4.78 is 0. The number of hydrogen-bond acceptors (Lipinski definition) is 1. The van der Waals surface area contributed by atoms with Crippen LogP contribution >= 0.6 is 31.9 Å². The zero-order valence-corrected chi connectivity index (χ0v) is 9.36. The summed E-state index contributed by atoms with van der Waals surface area (Å²) in [7, 11) is 0. The second kappa shape index (κ2) is 6.62. The average molecular weight is 274 g/mol. The lowest BCUT2D eigenvalue weighted by molar-refractivity contribution is 0.155. The van der Waals surface area contributed by atoms with Crippen molar-refractivity contribution in [3.8, 4) is 0 Å². The number of alkyl halides is 2. The molecule has 10 heavy (non-hydrogen) atoms. The van der Waals surface area contributed by atoms with Crippen LogP contribution in [0.5, 0.6) is 0 Å². The second-order valence-corrected chi connectivity index (χ2v) is 4.37. The highest BCUT2D eigenvalue weighted by molar-refractivity contribution is 9.12. The van der Waals surface area contributed by atoms with Crippen molar-refractivity contribution in [2.24, 2.45) is 0 Å². The summed E-state index contributed by atoms with van der Waals surface area (Å²) in [5.74, 6) is 0. The SMILES string of the molecule is CCCC(O)CC(Br)CBr. The molecule has 0 bridgehead atoms. The summed E-state index contributed by atoms with van der Waals surface area (Å²) in [6.45, 7) is 2.08. The molecule has 1 N–H and O–H groups in total. The molecular formula is C7H14Br2O. The Morgan fingerprint density at radius 1 is 1.50 bits per heavy atom. The van der Waals surface area contributed by atoms with E-state index >= 15 is 0 Å². The van der Waals surface area contributed by atoms with Crippen LogP contribution in [0.25, 0.3) is 0 Å². The molecule has 2 unspecified atom stereocenters. The van der Waals surface area contributed by atoms with Crippen LogP contribution in [-0.2, 0) is 0 Å². The molecule has 3 heteroatoms. The molecule has 0 spiro atoms. The Labute approximate surface area is 79.5 Å². The second-order valence-electron chi connectivity index (χ2n) is 2.43. The van der Waals surface area contributed by atoms with E-state index in [-0.39, 0.29) is 6.10 Å². The molecule has 0 radical (unpaired) electrons. The van der Waals surface area contributed by atoms with E-state index in [4.69, 9.17) is 0 Å². The fraction of sp³-hybridized carbons (Fsp3) is 1.00. The molecule has 0 aromatic heterocycles. The smallest absolute Gasteiger partial charge is 0.0551 e. The van der Waals surface area contributed by atoms with E-state index in [9.17, 15) is 5.11 Å². The number of aliphatic hydroxyl groups excluding tert-OH is 1. The third-order valence-corrected chi connectivity index (χ3v) is 3.67. The number of aliphatic hydroxyl groups is 1. The average Bonchev–Trinajstić information content (AvgIpc) is 1.88. The Morgan fingerprint density at radius 3 is 2.50 bits per heavy atom. The predicted octanol–water partition coefficient (Wildman–Crippen LogP) is 2.70. The molecule has 1 nitrogen and oxygen atoms in total. The van der Waals surface area contributed by atoms with Gasteiger partial charge in [0.2, 0.25) is 0 Å². The third-order valence-electron chi connectivity index (χ3n) is 1.32. The largest absolute Gasteiger partial charge is 0.393 e. The van der Waals surface area contributed by atoms with Gasteiger partial charge in [-0.1, -0.05) is 45.2 Å². The van der Waals surface area contributed by atoms with Crippen LogP contribution in [0.2, 0.25) is 0 Å². The van der Waals surface area contributed by atoms with Crippen molar-refractivity contribution in [3.05, 3.63) is 0 Å². The Morgan fingerprint density at radius 2 is 2.10 bits per heavy atom. The Hall–Kier alpha value is 0.920. The molecule has 0 aliphatic heterocycles. The van der Waals surface area contributed by atoms with Gasteiger partial charge in [-0.2, -0.15) is 0 Å². The summed E-state index contributed by atoms with van der Waals surface area (Å²) in [4.78, 5) is 0.411. The fourth-order valence-electron chi connectivity index (χ4n) is 0.809. The predicted molar refractivity (Wildman–Crippen MR) is 52.0 cm³/mol. The van der Waals surface area contributed by atoms with Crippen LogP contribution in [0, 0.1) is 0 Å². The van der Waals surface area contributed by atoms with Gasteiger partial charge in [-0.15, -0.1) is 0 Å². The summed E-state index contributed by atoms with van der Waals surface area (Å²) >= 11 is 6.78. The van der Waals surface area contributed by atoms with Gasteiger partial charge in [0.15, 0.2) is 0 Å². The first-order chi connectivity index (χ1) is 4.70. The Bertz CT molecular complexity index is 78.0. The lowest BCUT2D eigenvalue weighted by Gasteiger charge is -2.11. The molecule has 2 atom stereocenters. The summed E-state index contributed by atoms with van der Waals surface area (Å²) in [5, 5.41) is 10.2. The minimum absolute atomic E-state index is 0.132. The van der Waals surface area contributed by atoms with Gasteiger partial charge in [0.25, 0.3) is 0 Å². The zero-order chi connectivity index (χ0) is 7.98. The van der Waals surface area contributed by atoms with Gasteiger partial charge in [-0.25, -0.2) is 0 Å².